The van der Waals surface area contributed by atoms with Crippen LogP contribution in [0.2, 0.25) is 0 Å². The first-order chi connectivity index (χ1) is 12.1. The van der Waals surface area contributed by atoms with Crippen molar-refractivity contribution in [1.29, 1.82) is 0 Å². The maximum atomic E-state index is 12.8. The molecule has 1 aromatic rings. The number of anilines is 1. The Morgan fingerprint density at radius 1 is 1.32 bits per heavy atom. The van der Waals surface area contributed by atoms with Gasteiger partial charge in [-0.2, -0.15) is 0 Å². The van der Waals surface area contributed by atoms with E-state index in [0.29, 0.717) is 18.0 Å². The van der Waals surface area contributed by atoms with Gasteiger partial charge in [0.15, 0.2) is 6.10 Å². The first kappa shape index (κ1) is 17.7. The molecule has 2 aliphatic rings. The Bertz CT molecular complexity index is 640. The SMILES string of the molecule is COCC(=O)Nc1ccc2c(c1)CN(C1CCCCC1)C(=O)C(C)O2. The molecule has 0 radical (unpaired) electrons. The van der Waals surface area contributed by atoms with Crippen LogP contribution in [0.1, 0.15) is 44.6 Å². The second kappa shape index (κ2) is 7.87. The van der Waals surface area contributed by atoms with Crippen molar-refractivity contribution in [3.8, 4) is 5.75 Å². The topological polar surface area (TPSA) is 67.9 Å². The molecule has 1 aliphatic heterocycles. The van der Waals surface area contributed by atoms with Crippen molar-refractivity contribution >= 4 is 17.5 Å². The fourth-order valence-corrected chi connectivity index (χ4v) is 3.66. The molecule has 6 nitrogen and oxygen atoms in total. The van der Waals surface area contributed by atoms with Gasteiger partial charge < -0.3 is 19.7 Å². The Kier molecular flexibility index (Phi) is 5.58. The van der Waals surface area contributed by atoms with Crippen LogP contribution in [0.15, 0.2) is 18.2 Å². The fraction of sp³-hybridized carbons (Fsp3) is 0.579. The molecule has 1 atom stereocenters. The molecule has 3 rings (SSSR count). The number of carbonyl (C=O) groups is 2. The number of nitrogens with one attached hydrogen (secondary N) is 1. The van der Waals surface area contributed by atoms with Crippen LogP contribution in [-0.2, 0) is 20.9 Å². The number of rotatable bonds is 4. The Hall–Kier alpha value is -2.08. The normalized spacial score (nSPS) is 21.3. The van der Waals surface area contributed by atoms with E-state index < -0.39 is 6.10 Å². The summed E-state index contributed by atoms with van der Waals surface area (Å²) in [5, 5.41) is 2.81. The van der Waals surface area contributed by atoms with E-state index in [9.17, 15) is 9.59 Å². The number of hydrogen-bond acceptors (Lipinski definition) is 4. The van der Waals surface area contributed by atoms with Crippen molar-refractivity contribution in [2.24, 2.45) is 0 Å². The molecule has 0 saturated heterocycles. The molecule has 1 aromatic carbocycles. The molecule has 25 heavy (non-hydrogen) atoms. The number of benzene rings is 1. The number of methoxy groups -OCH3 is 1. The van der Waals surface area contributed by atoms with E-state index in [1.54, 1.807) is 6.07 Å². The van der Waals surface area contributed by atoms with Gasteiger partial charge in [0.2, 0.25) is 5.91 Å². The van der Waals surface area contributed by atoms with E-state index in [4.69, 9.17) is 9.47 Å². The largest absolute Gasteiger partial charge is 0.481 e. The van der Waals surface area contributed by atoms with Crippen LogP contribution in [0.5, 0.6) is 5.75 Å². The summed E-state index contributed by atoms with van der Waals surface area (Å²) in [6, 6.07) is 5.79. The molecule has 0 spiro atoms. The molecular formula is C19H26N2O4. The molecule has 1 N–H and O–H groups in total. The van der Waals surface area contributed by atoms with Gasteiger partial charge in [0, 0.05) is 30.9 Å². The predicted octanol–water partition coefficient (Wildman–Crippen LogP) is 2.71. The third-order valence-corrected chi connectivity index (χ3v) is 4.91. The van der Waals surface area contributed by atoms with E-state index in [-0.39, 0.29) is 24.5 Å². The minimum absolute atomic E-state index is 0.0112. The van der Waals surface area contributed by atoms with E-state index in [0.717, 1.165) is 18.4 Å². The van der Waals surface area contributed by atoms with Crippen LogP contribution >= 0.6 is 0 Å². The maximum absolute atomic E-state index is 12.8. The molecule has 0 bridgehead atoms. The smallest absolute Gasteiger partial charge is 0.263 e. The van der Waals surface area contributed by atoms with Gasteiger partial charge in [-0.15, -0.1) is 0 Å². The van der Waals surface area contributed by atoms with Crippen LogP contribution in [-0.4, -0.2) is 42.6 Å². The van der Waals surface area contributed by atoms with Gasteiger partial charge in [0.25, 0.3) is 5.91 Å². The van der Waals surface area contributed by atoms with Crippen molar-refractivity contribution in [3.63, 3.8) is 0 Å². The highest BCUT2D eigenvalue weighted by Gasteiger charge is 2.33. The third-order valence-electron chi connectivity index (χ3n) is 4.91. The lowest BCUT2D eigenvalue weighted by Gasteiger charge is -2.34. The number of fused-ring (bicyclic) bond motifs is 1. The van der Waals surface area contributed by atoms with Gasteiger partial charge >= 0.3 is 0 Å². The first-order valence-electron chi connectivity index (χ1n) is 8.97. The molecule has 1 aliphatic carbocycles. The summed E-state index contributed by atoms with van der Waals surface area (Å²) in [7, 11) is 1.49. The third kappa shape index (κ3) is 4.12. The lowest BCUT2D eigenvalue weighted by molar-refractivity contribution is -0.140. The predicted molar refractivity (Wildman–Crippen MR) is 94.5 cm³/mol. The minimum Gasteiger partial charge on any atom is -0.481 e. The van der Waals surface area contributed by atoms with E-state index in [1.807, 2.05) is 24.0 Å². The summed E-state index contributed by atoms with van der Waals surface area (Å²) in [4.78, 5) is 26.5. The highest BCUT2D eigenvalue weighted by atomic mass is 16.5. The van der Waals surface area contributed by atoms with Crippen LogP contribution < -0.4 is 10.1 Å². The number of carbonyl (C=O) groups excluding carboxylic acids is 2. The molecule has 6 heteroatoms. The summed E-state index contributed by atoms with van der Waals surface area (Å²) < 4.78 is 10.7. The van der Waals surface area contributed by atoms with Gasteiger partial charge in [0.05, 0.1) is 0 Å². The summed E-state index contributed by atoms with van der Waals surface area (Å²) in [5.74, 6) is 0.558. The number of amides is 2. The molecule has 2 amide bonds. The van der Waals surface area contributed by atoms with Crippen molar-refractivity contribution in [2.75, 3.05) is 19.0 Å². The van der Waals surface area contributed by atoms with Crippen LogP contribution in [0.25, 0.3) is 0 Å². The molecule has 1 unspecified atom stereocenters. The average Bonchev–Trinajstić information content (AvgIpc) is 2.73. The number of hydrogen-bond donors (Lipinski definition) is 1. The zero-order valence-electron chi connectivity index (χ0n) is 14.9. The Morgan fingerprint density at radius 2 is 2.08 bits per heavy atom. The van der Waals surface area contributed by atoms with E-state index >= 15 is 0 Å². The van der Waals surface area contributed by atoms with Gasteiger partial charge in [0.1, 0.15) is 12.4 Å². The zero-order valence-corrected chi connectivity index (χ0v) is 14.9. The zero-order chi connectivity index (χ0) is 17.8. The fourth-order valence-electron chi connectivity index (χ4n) is 3.66. The highest BCUT2D eigenvalue weighted by Crippen LogP contribution is 2.32. The molecule has 136 valence electrons. The second-order valence-corrected chi connectivity index (χ2v) is 6.82. The number of nitrogens with zero attached hydrogens (tertiary/aromatic N) is 1. The maximum Gasteiger partial charge on any atom is 0.263 e. The van der Waals surface area contributed by atoms with Crippen molar-refractivity contribution in [2.45, 2.75) is 57.7 Å². The van der Waals surface area contributed by atoms with Gasteiger partial charge in [-0.3, -0.25) is 9.59 Å². The summed E-state index contributed by atoms with van der Waals surface area (Å²) in [6.45, 7) is 2.34. The Labute approximate surface area is 148 Å². The van der Waals surface area contributed by atoms with Crippen molar-refractivity contribution in [1.82, 2.24) is 4.90 Å². The van der Waals surface area contributed by atoms with Gasteiger partial charge in [-0.1, -0.05) is 19.3 Å². The molecule has 1 heterocycles. The van der Waals surface area contributed by atoms with Crippen molar-refractivity contribution < 1.29 is 19.1 Å². The standard InChI is InChI=1S/C19H26N2O4/c1-13-19(23)21(16-6-4-3-5-7-16)11-14-10-15(8-9-17(14)25-13)20-18(22)12-24-2/h8-10,13,16H,3-7,11-12H2,1-2H3,(H,20,22). The minimum atomic E-state index is -0.489. The molecule has 1 fully saturated rings. The monoisotopic (exact) mass is 346 g/mol. The average molecular weight is 346 g/mol. The van der Waals surface area contributed by atoms with Crippen LogP contribution in [0.3, 0.4) is 0 Å². The van der Waals surface area contributed by atoms with E-state index in [2.05, 4.69) is 5.32 Å². The highest BCUT2D eigenvalue weighted by molar-refractivity contribution is 5.92. The van der Waals surface area contributed by atoms with E-state index in [1.165, 1.54) is 26.4 Å². The number of ether oxygens (including phenoxy) is 2. The lowest BCUT2D eigenvalue weighted by atomic mass is 9.93. The Balaban J connectivity index is 1.83. The van der Waals surface area contributed by atoms with Crippen LogP contribution in [0, 0.1) is 0 Å². The quantitative estimate of drug-likeness (QED) is 0.910. The second-order valence-electron chi connectivity index (χ2n) is 6.82. The van der Waals surface area contributed by atoms with Crippen LogP contribution in [0.4, 0.5) is 5.69 Å². The lowest BCUT2D eigenvalue weighted by Crippen LogP contribution is -2.45. The van der Waals surface area contributed by atoms with Gasteiger partial charge in [-0.05, 0) is 38.0 Å². The summed E-state index contributed by atoms with van der Waals surface area (Å²) >= 11 is 0. The molecular weight excluding hydrogens is 320 g/mol. The summed E-state index contributed by atoms with van der Waals surface area (Å²) in [5.41, 5.74) is 1.62. The summed E-state index contributed by atoms with van der Waals surface area (Å²) in [6.07, 6.45) is 5.21. The first-order valence-corrected chi connectivity index (χ1v) is 8.97. The van der Waals surface area contributed by atoms with Crippen molar-refractivity contribution in [3.05, 3.63) is 23.8 Å². The Morgan fingerprint density at radius 3 is 2.80 bits per heavy atom. The molecule has 1 saturated carbocycles. The van der Waals surface area contributed by atoms with Gasteiger partial charge in [-0.25, -0.2) is 0 Å². The molecule has 0 aromatic heterocycles.